The molecule has 0 heterocycles. The molecule has 4 nitrogen and oxygen atoms in total. The van der Waals surface area contributed by atoms with Crippen molar-refractivity contribution in [3.8, 4) is 5.75 Å². The summed E-state index contributed by atoms with van der Waals surface area (Å²) < 4.78 is 5.55. The normalized spacial score (nSPS) is 16.4. The molecule has 1 N–H and O–H groups in total. The SMILES string of the molecule is Cc1cc(OCC(=O)NCC2(N(C)C)CCCCC2)ccc1Cl.Cl. The predicted molar refractivity (Wildman–Crippen MR) is 101 cm³/mol. The number of hydrogen-bond acceptors (Lipinski definition) is 3. The number of nitrogens with zero attached hydrogens (tertiary/aromatic N) is 1. The molecule has 0 aromatic heterocycles. The molecule has 0 atom stereocenters. The Kier molecular flexibility index (Phi) is 8.34. The van der Waals surface area contributed by atoms with Gasteiger partial charge in [0, 0.05) is 17.1 Å². The number of amides is 1. The van der Waals surface area contributed by atoms with Crippen molar-refractivity contribution in [3.63, 3.8) is 0 Å². The largest absolute Gasteiger partial charge is 0.484 e. The number of hydrogen-bond donors (Lipinski definition) is 1. The number of carbonyl (C=O) groups excluding carboxylic acids is 1. The maximum Gasteiger partial charge on any atom is 0.258 e. The fourth-order valence-corrected chi connectivity index (χ4v) is 3.28. The van der Waals surface area contributed by atoms with Crippen LogP contribution in [0.5, 0.6) is 5.75 Å². The second-order valence-electron chi connectivity index (χ2n) is 6.66. The highest BCUT2D eigenvalue weighted by atomic mass is 35.5. The molecule has 136 valence electrons. The van der Waals surface area contributed by atoms with E-state index in [0.717, 1.165) is 18.4 Å². The highest BCUT2D eigenvalue weighted by Crippen LogP contribution is 2.31. The van der Waals surface area contributed by atoms with Gasteiger partial charge in [0.2, 0.25) is 0 Å². The first kappa shape index (κ1) is 21.1. The molecule has 2 rings (SSSR count). The smallest absolute Gasteiger partial charge is 0.258 e. The molecule has 0 saturated heterocycles. The number of ether oxygens (including phenoxy) is 1. The molecule has 0 aliphatic heterocycles. The third-order valence-corrected chi connectivity index (χ3v) is 5.27. The van der Waals surface area contributed by atoms with E-state index in [1.54, 1.807) is 12.1 Å². The summed E-state index contributed by atoms with van der Waals surface area (Å²) in [5.74, 6) is 0.589. The monoisotopic (exact) mass is 374 g/mol. The minimum absolute atomic E-state index is 0. The number of halogens is 2. The summed E-state index contributed by atoms with van der Waals surface area (Å²) in [7, 11) is 4.20. The van der Waals surface area contributed by atoms with Crippen LogP contribution in [0.25, 0.3) is 0 Å². The van der Waals surface area contributed by atoms with Crippen molar-refractivity contribution in [1.82, 2.24) is 10.2 Å². The van der Waals surface area contributed by atoms with Crippen molar-refractivity contribution in [2.75, 3.05) is 27.2 Å². The van der Waals surface area contributed by atoms with E-state index in [4.69, 9.17) is 16.3 Å². The molecule has 1 aromatic rings. The van der Waals surface area contributed by atoms with Gasteiger partial charge in [-0.15, -0.1) is 12.4 Å². The summed E-state index contributed by atoms with van der Waals surface area (Å²) in [6.07, 6.45) is 6.03. The first-order chi connectivity index (χ1) is 10.9. The van der Waals surface area contributed by atoms with E-state index >= 15 is 0 Å². The molecule has 0 radical (unpaired) electrons. The molecule has 1 saturated carbocycles. The molecule has 1 amide bonds. The van der Waals surface area contributed by atoms with Gasteiger partial charge in [0.1, 0.15) is 5.75 Å². The van der Waals surface area contributed by atoms with Crippen molar-refractivity contribution in [2.24, 2.45) is 0 Å². The third-order valence-electron chi connectivity index (χ3n) is 4.85. The fraction of sp³-hybridized carbons (Fsp3) is 0.611. The summed E-state index contributed by atoms with van der Waals surface area (Å²) in [6, 6.07) is 5.41. The molecule has 1 aliphatic rings. The van der Waals surface area contributed by atoms with Gasteiger partial charge in [0.25, 0.3) is 5.91 Å². The van der Waals surface area contributed by atoms with Crippen molar-refractivity contribution in [2.45, 2.75) is 44.6 Å². The van der Waals surface area contributed by atoms with Crippen LogP contribution in [-0.2, 0) is 4.79 Å². The van der Waals surface area contributed by atoms with Crippen LogP contribution in [0.15, 0.2) is 18.2 Å². The summed E-state index contributed by atoms with van der Waals surface area (Å²) in [4.78, 5) is 14.4. The van der Waals surface area contributed by atoms with Crippen LogP contribution in [0.2, 0.25) is 5.02 Å². The van der Waals surface area contributed by atoms with E-state index in [0.29, 0.717) is 17.3 Å². The Labute approximate surface area is 156 Å². The lowest BCUT2D eigenvalue weighted by molar-refractivity contribution is -0.123. The van der Waals surface area contributed by atoms with Crippen molar-refractivity contribution in [1.29, 1.82) is 0 Å². The van der Waals surface area contributed by atoms with Crippen molar-refractivity contribution >= 4 is 29.9 Å². The predicted octanol–water partition coefficient (Wildman–Crippen LogP) is 3.83. The number of carbonyl (C=O) groups is 1. The number of benzene rings is 1. The average Bonchev–Trinajstić information content (AvgIpc) is 2.54. The minimum atomic E-state index is -0.0793. The molecule has 1 aromatic carbocycles. The lowest BCUT2D eigenvalue weighted by atomic mass is 9.80. The van der Waals surface area contributed by atoms with Gasteiger partial charge in [-0.3, -0.25) is 4.79 Å². The van der Waals surface area contributed by atoms with Crippen LogP contribution in [0.4, 0.5) is 0 Å². The first-order valence-corrected chi connectivity index (χ1v) is 8.64. The van der Waals surface area contributed by atoms with Crippen LogP contribution in [0.1, 0.15) is 37.7 Å². The van der Waals surface area contributed by atoms with E-state index in [1.165, 1.54) is 19.3 Å². The van der Waals surface area contributed by atoms with Crippen molar-refractivity contribution in [3.05, 3.63) is 28.8 Å². The highest BCUT2D eigenvalue weighted by Gasteiger charge is 2.34. The Morgan fingerprint density at radius 2 is 1.96 bits per heavy atom. The van der Waals surface area contributed by atoms with Crippen LogP contribution >= 0.6 is 24.0 Å². The maximum atomic E-state index is 12.1. The Hall–Kier alpha value is -0.970. The van der Waals surface area contributed by atoms with E-state index in [2.05, 4.69) is 24.3 Å². The molecular weight excluding hydrogens is 347 g/mol. The summed E-state index contributed by atoms with van der Waals surface area (Å²) in [5.41, 5.74) is 1.03. The summed E-state index contributed by atoms with van der Waals surface area (Å²) >= 11 is 5.98. The lowest BCUT2D eigenvalue weighted by Crippen LogP contribution is -2.54. The van der Waals surface area contributed by atoms with Crippen LogP contribution in [0.3, 0.4) is 0 Å². The van der Waals surface area contributed by atoms with Gasteiger partial charge in [0.15, 0.2) is 6.61 Å². The van der Waals surface area contributed by atoms with Crippen LogP contribution < -0.4 is 10.1 Å². The maximum absolute atomic E-state index is 12.1. The molecular formula is C18H28Cl2N2O2. The lowest BCUT2D eigenvalue weighted by Gasteiger charge is -2.43. The Morgan fingerprint density at radius 1 is 1.29 bits per heavy atom. The molecule has 0 spiro atoms. The summed E-state index contributed by atoms with van der Waals surface area (Å²) in [5, 5.41) is 3.74. The van der Waals surface area contributed by atoms with Crippen LogP contribution in [0, 0.1) is 6.92 Å². The molecule has 24 heavy (non-hydrogen) atoms. The quantitative estimate of drug-likeness (QED) is 0.822. The van der Waals surface area contributed by atoms with Crippen LogP contribution in [-0.4, -0.2) is 43.6 Å². The Bertz CT molecular complexity index is 544. The molecule has 0 bridgehead atoms. The fourth-order valence-electron chi connectivity index (χ4n) is 3.16. The van der Waals surface area contributed by atoms with E-state index < -0.39 is 0 Å². The van der Waals surface area contributed by atoms with E-state index in [-0.39, 0.29) is 30.5 Å². The molecule has 0 unspecified atom stereocenters. The van der Waals surface area contributed by atoms with Gasteiger partial charge in [0.05, 0.1) is 0 Å². The number of aryl methyl sites for hydroxylation is 1. The van der Waals surface area contributed by atoms with E-state index in [9.17, 15) is 4.79 Å². The second-order valence-corrected chi connectivity index (χ2v) is 7.06. The first-order valence-electron chi connectivity index (χ1n) is 8.26. The minimum Gasteiger partial charge on any atom is -0.484 e. The molecule has 1 fully saturated rings. The third kappa shape index (κ3) is 5.54. The standard InChI is InChI=1S/C18H27ClN2O2.ClH/c1-14-11-15(7-8-16(14)19)23-12-17(22)20-13-18(21(2)3)9-5-4-6-10-18;/h7-8,11H,4-6,9-10,12-13H2,1-3H3,(H,20,22);1H. The van der Waals surface area contributed by atoms with E-state index in [1.807, 2.05) is 13.0 Å². The molecule has 1 aliphatic carbocycles. The summed E-state index contributed by atoms with van der Waals surface area (Å²) in [6.45, 7) is 2.63. The van der Waals surface area contributed by atoms with Gasteiger partial charge in [-0.2, -0.15) is 0 Å². The number of likely N-dealkylation sites (N-methyl/N-ethyl adjacent to an activating group) is 1. The zero-order chi connectivity index (χ0) is 16.9. The number of nitrogens with one attached hydrogen (secondary N) is 1. The van der Waals surface area contributed by atoms with Gasteiger partial charge in [-0.05, 0) is 57.6 Å². The van der Waals surface area contributed by atoms with Gasteiger partial charge < -0.3 is 15.0 Å². The van der Waals surface area contributed by atoms with Gasteiger partial charge >= 0.3 is 0 Å². The van der Waals surface area contributed by atoms with Crippen molar-refractivity contribution < 1.29 is 9.53 Å². The Morgan fingerprint density at radius 3 is 2.54 bits per heavy atom. The second kappa shape index (κ2) is 9.50. The average molecular weight is 375 g/mol. The molecule has 6 heteroatoms. The zero-order valence-electron chi connectivity index (χ0n) is 14.7. The highest BCUT2D eigenvalue weighted by molar-refractivity contribution is 6.31. The number of rotatable bonds is 6. The topological polar surface area (TPSA) is 41.6 Å². The Balaban J connectivity index is 0.00000288. The zero-order valence-corrected chi connectivity index (χ0v) is 16.3. The van der Waals surface area contributed by atoms with Gasteiger partial charge in [-0.25, -0.2) is 0 Å². The van der Waals surface area contributed by atoms with Gasteiger partial charge in [-0.1, -0.05) is 30.9 Å².